The van der Waals surface area contributed by atoms with Gasteiger partial charge in [-0.3, -0.25) is 9.13 Å². The van der Waals surface area contributed by atoms with E-state index < -0.39 is 16.1 Å². The predicted octanol–water partition coefficient (Wildman–Crippen LogP) is 0.310. The fourth-order valence-corrected chi connectivity index (χ4v) is 1.70. The number of hydrogen-bond donors (Lipinski definition) is 2. The monoisotopic (exact) mass is 172 g/mol. The van der Waals surface area contributed by atoms with Crippen LogP contribution in [-0.2, 0) is 9.13 Å². The fraction of sp³-hybridized carbons (Fsp3) is 1.00. The lowest BCUT2D eigenvalue weighted by atomic mass is 10.6. The summed E-state index contributed by atoms with van der Waals surface area (Å²) in [6.45, 7) is 0. The van der Waals surface area contributed by atoms with Gasteiger partial charge in [0.1, 0.15) is 0 Å². The Morgan fingerprint density at radius 1 is 1.00 bits per heavy atom. The van der Waals surface area contributed by atoms with Crippen molar-refractivity contribution in [1.82, 2.24) is 0 Å². The normalized spacial score (nSPS) is 17.1. The Morgan fingerprint density at radius 2 is 1.33 bits per heavy atom. The lowest BCUT2D eigenvalue weighted by molar-refractivity contribution is 0.497. The van der Waals surface area contributed by atoms with E-state index in [2.05, 4.69) is 0 Å². The van der Waals surface area contributed by atoms with Crippen LogP contribution < -0.4 is 0 Å². The van der Waals surface area contributed by atoms with E-state index in [1.54, 1.807) is 0 Å². The van der Waals surface area contributed by atoms with Crippen molar-refractivity contribution in [3.05, 3.63) is 0 Å². The van der Waals surface area contributed by atoms with Crippen molar-refractivity contribution < 1.29 is 18.9 Å². The van der Waals surface area contributed by atoms with Gasteiger partial charge in [0, 0.05) is 12.3 Å². The molecule has 0 bridgehead atoms. The maximum atomic E-state index is 9.99. The van der Waals surface area contributed by atoms with Gasteiger partial charge in [-0.05, 0) is 6.42 Å². The van der Waals surface area contributed by atoms with Crippen LogP contribution in [-0.4, -0.2) is 22.1 Å². The van der Waals surface area contributed by atoms with E-state index in [-0.39, 0.29) is 12.3 Å². The molecular weight excluding hydrogens is 162 g/mol. The molecule has 0 aliphatic heterocycles. The molecule has 56 valence electrons. The Balaban J connectivity index is 3.10. The first kappa shape index (κ1) is 9.38. The second kappa shape index (κ2) is 5.19. The van der Waals surface area contributed by atoms with Crippen LogP contribution in [0.2, 0.25) is 0 Å². The summed E-state index contributed by atoms with van der Waals surface area (Å²) in [7, 11) is -4.83. The molecule has 0 aromatic carbocycles. The van der Waals surface area contributed by atoms with Crippen LogP contribution in [0, 0.1) is 0 Å². The minimum atomic E-state index is -2.41. The third kappa shape index (κ3) is 8.38. The van der Waals surface area contributed by atoms with Gasteiger partial charge in [0.25, 0.3) is 0 Å². The second-order valence-electron chi connectivity index (χ2n) is 1.64. The van der Waals surface area contributed by atoms with Crippen molar-refractivity contribution in [3.8, 4) is 0 Å². The highest BCUT2D eigenvalue weighted by Crippen LogP contribution is 2.19. The smallest absolute Gasteiger partial charge is 0.189 e. The quantitative estimate of drug-likeness (QED) is 0.598. The van der Waals surface area contributed by atoms with Crippen LogP contribution in [0.4, 0.5) is 0 Å². The van der Waals surface area contributed by atoms with Crippen molar-refractivity contribution in [1.29, 1.82) is 0 Å². The molecule has 2 N–H and O–H groups in total. The molecular formula is C3H10O4P2. The van der Waals surface area contributed by atoms with Gasteiger partial charge < -0.3 is 9.79 Å². The van der Waals surface area contributed by atoms with Gasteiger partial charge in [0.15, 0.2) is 16.1 Å². The molecule has 9 heavy (non-hydrogen) atoms. The topological polar surface area (TPSA) is 74.6 Å². The molecule has 2 atom stereocenters. The average molecular weight is 172 g/mol. The molecule has 0 rings (SSSR count). The molecule has 0 amide bonds. The Bertz CT molecular complexity index is 109. The molecule has 0 fully saturated rings. The molecule has 0 heterocycles. The molecule has 0 radical (unpaired) electrons. The molecule has 0 spiro atoms. The molecule has 4 nitrogen and oxygen atoms in total. The summed E-state index contributed by atoms with van der Waals surface area (Å²) >= 11 is 0. The van der Waals surface area contributed by atoms with Gasteiger partial charge in [-0.25, -0.2) is 0 Å². The summed E-state index contributed by atoms with van der Waals surface area (Å²) < 4.78 is 20.0. The summed E-state index contributed by atoms with van der Waals surface area (Å²) in [4.78, 5) is 16.5. The highest BCUT2D eigenvalue weighted by Gasteiger charge is 1.95. The standard InChI is InChI=1S/C3H10O4P2/c4-8(5)2-1-3-9(6)7/h8-9H,1-3H2,(H,4,5)(H,6,7). The summed E-state index contributed by atoms with van der Waals surface area (Å²) in [6, 6.07) is 0. The summed E-state index contributed by atoms with van der Waals surface area (Å²) in [6.07, 6.45) is 0.714. The molecule has 0 aromatic rings. The van der Waals surface area contributed by atoms with E-state index in [9.17, 15) is 9.13 Å². The van der Waals surface area contributed by atoms with Crippen LogP contribution in [0.5, 0.6) is 0 Å². The Kier molecular flexibility index (Phi) is 5.41. The van der Waals surface area contributed by atoms with Crippen molar-refractivity contribution in [3.63, 3.8) is 0 Å². The second-order valence-corrected chi connectivity index (χ2v) is 4.22. The molecule has 2 unspecified atom stereocenters. The maximum Gasteiger partial charge on any atom is 0.189 e. The predicted molar refractivity (Wildman–Crippen MR) is 36.8 cm³/mol. The SMILES string of the molecule is O=[PH](O)CCC[PH](=O)O. The van der Waals surface area contributed by atoms with E-state index in [4.69, 9.17) is 9.79 Å². The zero-order valence-corrected chi connectivity index (χ0v) is 6.83. The van der Waals surface area contributed by atoms with Crippen LogP contribution >= 0.6 is 16.1 Å². The average Bonchev–Trinajstić information content (AvgIpc) is 1.63. The molecule has 0 aliphatic carbocycles. The molecule has 0 saturated heterocycles. The zero-order valence-electron chi connectivity index (χ0n) is 4.83. The van der Waals surface area contributed by atoms with Crippen LogP contribution in [0.3, 0.4) is 0 Å². The highest BCUT2D eigenvalue weighted by molar-refractivity contribution is 7.39. The molecule has 0 saturated carbocycles. The van der Waals surface area contributed by atoms with Gasteiger partial charge in [-0.15, -0.1) is 0 Å². The lowest BCUT2D eigenvalue weighted by Crippen LogP contribution is -1.81. The largest absolute Gasteiger partial charge is 0.346 e. The van der Waals surface area contributed by atoms with Crippen LogP contribution in [0.25, 0.3) is 0 Å². The fourth-order valence-electron chi connectivity index (χ4n) is 0.391. The third-order valence-electron chi connectivity index (χ3n) is 0.781. The molecule has 6 heteroatoms. The molecule has 0 aliphatic rings. The number of rotatable bonds is 4. The Labute approximate surface area is 54.6 Å². The van der Waals surface area contributed by atoms with Gasteiger partial charge in [0.2, 0.25) is 0 Å². The van der Waals surface area contributed by atoms with Gasteiger partial charge in [-0.1, -0.05) is 0 Å². The zero-order chi connectivity index (χ0) is 7.28. The van der Waals surface area contributed by atoms with Crippen LogP contribution in [0.15, 0.2) is 0 Å². The Hall–Kier alpha value is 0.380. The van der Waals surface area contributed by atoms with Crippen molar-refractivity contribution >= 4 is 16.1 Å². The lowest BCUT2D eigenvalue weighted by Gasteiger charge is -1.91. The minimum absolute atomic E-state index is 0.168. The van der Waals surface area contributed by atoms with E-state index in [1.807, 2.05) is 0 Å². The van der Waals surface area contributed by atoms with Gasteiger partial charge in [-0.2, -0.15) is 0 Å². The van der Waals surface area contributed by atoms with Gasteiger partial charge in [0.05, 0.1) is 0 Å². The summed E-state index contributed by atoms with van der Waals surface area (Å²) in [5.41, 5.74) is 0. The van der Waals surface area contributed by atoms with E-state index >= 15 is 0 Å². The van der Waals surface area contributed by atoms with E-state index in [0.717, 1.165) is 0 Å². The van der Waals surface area contributed by atoms with E-state index in [0.29, 0.717) is 6.42 Å². The molecule has 0 aromatic heterocycles. The summed E-state index contributed by atoms with van der Waals surface area (Å²) in [5.74, 6) is 0. The summed E-state index contributed by atoms with van der Waals surface area (Å²) in [5, 5.41) is 0. The third-order valence-corrected chi connectivity index (χ3v) is 2.34. The maximum absolute atomic E-state index is 9.99. The first-order valence-electron chi connectivity index (χ1n) is 2.56. The van der Waals surface area contributed by atoms with Crippen molar-refractivity contribution in [2.45, 2.75) is 6.42 Å². The first-order chi connectivity index (χ1) is 4.13. The first-order valence-corrected chi connectivity index (χ1v) is 5.69. The van der Waals surface area contributed by atoms with Crippen LogP contribution in [0.1, 0.15) is 6.42 Å². The van der Waals surface area contributed by atoms with Gasteiger partial charge >= 0.3 is 0 Å². The Morgan fingerprint density at radius 3 is 1.56 bits per heavy atom. The van der Waals surface area contributed by atoms with Crippen molar-refractivity contribution in [2.75, 3.05) is 12.3 Å². The minimum Gasteiger partial charge on any atom is -0.346 e. The van der Waals surface area contributed by atoms with Crippen molar-refractivity contribution in [2.24, 2.45) is 0 Å². The highest BCUT2D eigenvalue weighted by atomic mass is 31.1. The number of hydrogen-bond acceptors (Lipinski definition) is 2. The van der Waals surface area contributed by atoms with E-state index in [1.165, 1.54) is 0 Å².